The number of rotatable bonds is 3. The van der Waals surface area contributed by atoms with Crippen LogP contribution < -0.4 is 10.6 Å². The summed E-state index contributed by atoms with van der Waals surface area (Å²) in [4.78, 5) is 0. The molecule has 0 aliphatic rings. The maximum atomic E-state index is 5.68. The molecule has 2 N–H and O–H groups in total. The summed E-state index contributed by atoms with van der Waals surface area (Å²) < 4.78 is 5.68. The summed E-state index contributed by atoms with van der Waals surface area (Å²) in [5.41, 5.74) is 0.939. The van der Waals surface area contributed by atoms with E-state index in [1.54, 1.807) is 7.05 Å². The molecule has 0 atom stereocenters. The minimum Gasteiger partial charge on any atom is -0.461 e. The Kier molecular flexibility index (Phi) is 3.41. The van der Waals surface area contributed by atoms with E-state index in [-0.39, 0.29) is 0 Å². The Bertz CT molecular complexity index is 459. The smallest absolute Gasteiger partial charge is 0.166 e. The zero-order chi connectivity index (χ0) is 11.4. The van der Waals surface area contributed by atoms with Gasteiger partial charge in [0.2, 0.25) is 0 Å². The van der Waals surface area contributed by atoms with Gasteiger partial charge in [-0.05, 0) is 24.4 Å². The lowest BCUT2D eigenvalue weighted by Crippen LogP contribution is -2.33. The van der Waals surface area contributed by atoms with Gasteiger partial charge in [0.05, 0.1) is 0 Å². The van der Waals surface area contributed by atoms with Gasteiger partial charge in [-0.15, -0.1) is 0 Å². The number of nitrogens with one attached hydrogen (secondary N) is 2. The van der Waals surface area contributed by atoms with Gasteiger partial charge < -0.3 is 15.1 Å². The molecule has 1 heterocycles. The first kappa shape index (κ1) is 11.0. The Morgan fingerprint density at radius 1 is 1.38 bits per heavy atom. The molecule has 0 fully saturated rings. The van der Waals surface area contributed by atoms with Crippen molar-refractivity contribution in [3.8, 4) is 0 Å². The fraction of sp³-hybridized carbons (Fsp3) is 0.250. The van der Waals surface area contributed by atoms with Gasteiger partial charge in [-0.3, -0.25) is 0 Å². The van der Waals surface area contributed by atoms with Gasteiger partial charge in [-0.2, -0.15) is 0 Å². The molecule has 0 spiro atoms. The predicted octanol–water partition coefficient (Wildman–Crippen LogP) is 2.07. The maximum absolute atomic E-state index is 5.68. The van der Waals surface area contributed by atoms with Crippen molar-refractivity contribution in [1.29, 1.82) is 0 Å². The van der Waals surface area contributed by atoms with Crippen molar-refractivity contribution in [1.82, 2.24) is 10.6 Å². The molecular weight excluding hydrogens is 220 g/mol. The summed E-state index contributed by atoms with van der Waals surface area (Å²) in [6, 6.07) is 10.1. The molecule has 3 nitrogen and oxygen atoms in total. The van der Waals surface area contributed by atoms with Crippen LogP contribution in [0.3, 0.4) is 0 Å². The summed E-state index contributed by atoms with van der Waals surface area (Å²) in [5.74, 6) is 0.979. The number of thiocarbonyl (C=S) groups is 1. The van der Waals surface area contributed by atoms with Gasteiger partial charge in [0.25, 0.3) is 0 Å². The van der Waals surface area contributed by atoms with Crippen LogP contribution in [-0.2, 0) is 6.42 Å². The molecule has 2 rings (SSSR count). The molecular formula is C12H14N2OS. The largest absolute Gasteiger partial charge is 0.461 e. The molecule has 0 aliphatic heterocycles. The molecule has 84 valence electrons. The summed E-state index contributed by atoms with van der Waals surface area (Å²) >= 11 is 4.98. The molecule has 4 heteroatoms. The molecule has 2 aromatic rings. The van der Waals surface area contributed by atoms with E-state index >= 15 is 0 Å². The van der Waals surface area contributed by atoms with E-state index in [9.17, 15) is 0 Å². The lowest BCUT2D eigenvalue weighted by Gasteiger charge is -2.04. The van der Waals surface area contributed by atoms with E-state index in [4.69, 9.17) is 16.6 Å². The summed E-state index contributed by atoms with van der Waals surface area (Å²) in [5, 5.41) is 7.76. The van der Waals surface area contributed by atoms with Crippen LogP contribution in [0.25, 0.3) is 11.0 Å². The minimum atomic E-state index is 0.663. The SMILES string of the molecule is CNC(=S)NCCc1cc2ccccc2o1. The van der Waals surface area contributed by atoms with Gasteiger partial charge >= 0.3 is 0 Å². The first-order chi connectivity index (χ1) is 7.79. The fourth-order valence-electron chi connectivity index (χ4n) is 1.55. The zero-order valence-corrected chi connectivity index (χ0v) is 9.93. The first-order valence-corrected chi connectivity index (χ1v) is 5.63. The number of hydrogen-bond acceptors (Lipinski definition) is 2. The van der Waals surface area contributed by atoms with Crippen molar-refractivity contribution in [2.45, 2.75) is 6.42 Å². The Morgan fingerprint density at radius 3 is 2.94 bits per heavy atom. The van der Waals surface area contributed by atoms with Crippen LogP contribution in [0, 0.1) is 0 Å². The Balaban J connectivity index is 1.97. The molecule has 16 heavy (non-hydrogen) atoms. The number of para-hydroxylation sites is 1. The lowest BCUT2D eigenvalue weighted by atomic mass is 10.2. The van der Waals surface area contributed by atoms with Crippen LogP contribution in [0.5, 0.6) is 0 Å². The highest BCUT2D eigenvalue weighted by atomic mass is 32.1. The van der Waals surface area contributed by atoms with Crippen LogP contribution in [0.15, 0.2) is 34.7 Å². The van der Waals surface area contributed by atoms with E-state index in [1.165, 1.54) is 0 Å². The summed E-state index contributed by atoms with van der Waals surface area (Å²) in [6.07, 6.45) is 0.830. The van der Waals surface area contributed by atoms with Crippen molar-refractivity contribution in [3.05, 3.63) is 36.1 Å². The van der Waals surface area contributed by atoms with Gasteiger partial charge in [-0.1, -0.05) is 18.2 Å². The van der Waals surface area contributed by atoms with Gasteiger partial charge in [0, 0.05) is 25.4 Å². The standard InChI is InChI=1S/C12H14N2OS/c1-13-12(16)14-7-6-10-8-9-4-2-3-5-11(9)15-10/h2-5,8H,6-7H2,1H3,(H2,13,14,16). The Morgan fingerprint density at radius 2 is 2.19 bits per heavy atom. The first-order valence-electron chi connectivity index (χ1n) is 5.22. The average Bonchev–Trinajstić information content (AvgIpc) is 2.71. The van der Waals surface area contributed by atoms with Crippen LogP contribution in [0.4, 0.5) is 0 Å². The Hall–Kier alpha value is -1.55. The van der Waals surface area contributed by atoms with Gasteiger partial charge in [0.1, 0.15) is 11.3 Å². The van der Waals surface area contributed by atoms with E-state index < -0.39 is 0 Å². The monoisotopic (exact) mass is 234 g/mol. The lowest BCUT2D eigenvalue weighted by molar-refractivity contribution is 0.545. The van der Waals surface area contributed by atoms with Gasteiger partial charge in [0.15, 0.2) is 5.11 Å². The van der Waals surface area contributed by atoms with Crippen molar-refractivity contribution in [2.24, 2.45) is 0 Å². The van der Waals surface area contributed by atoms with E-state index in [0.29, 0.717) is 5.11 Å². The summed E-state index contributed by atoms with van der Waals surface area (Å²) in [6.45, 7) is 0.777. The zero-order valence-electron chi connectivity index (χ0n) is 9.12. The molecule has 0 aliphatic carbocycles. The number of furan rings is 1. The topological polar surface area (TPSA) is 37.2 Å². The molecule has 0 saturated carbocycles. The highest BCUT2D eigenvalue weighted by Crippen LogP contribution is 2.18. The molecule has 0 amide bonds. The van der Waals surface area contributed by atoms with E-state index in [1.807, 2.05) is 24.3 Å². The minimum absolute atomic E-state index is 0.663. The molecule has 0 saturated heterocycles. The summed E-state index contributed by atoms with van der Waals surface area (Å²) in [7, 11) is 1.80. The third-order valence-corrected chi connectivity index (χ3v) is 2.71. The van der Waals surface area contributed by atoms with Crippen LogP contribution >= 0.6 is 12.2 Å². The van der Waals surface area contributed by atoms with Crippen LogP contribution in [0.2, 0.25) is 0 Å². The van der Waals surface area contributed by atoms with Crippen molar-refractivity contribution >= 4 is 28.3 Å². The molecule has 0 bridgehead atoms. The highest BCUT2D eigenvalue weighted by Gasteiger charge is 2.02. The maximum Gasteiger partial charge on any atom is 0.166 e. The van der Waals surface area contributed by atoms with Crippen LogP contribution in [-0.4, -0.2) is 18.7 Å². The van der Waals surface area contributed by atoms with Crippen molar-refractivity contribution in [2.75, 3.05) is 13.6 Å². The quantitative estimate of drug-likeness (QED) is 0.797. The molecule has 0 unspecified atom stereocenters. The van der Waals surface area contributed by atoms with E-state index in [2.05, 4.69) is 16.7 Å². The fourth-order valence-corrected chi connectivity index (χ4v) is 1.65. The predicted molar refractivity (Wildman–Crippen MR) is 69.6 cm³/mol. The third-order valence-electron chi connectivity index (χ3n) is 2.36. The number of hydrogen-bond donors (Lipinski definition) is 2. The Labute approximate surface area is 99.8 Å². The molecule has 1 aromatic heterocycles. The number of fused-ring (bicyclic) bond motifs is 1. The second kappa shape index (κ2) is 4.99. The highest BCUT2D eigenvalue weighted by molar-refractivity contribution is 7.80. The van der Waals surface area contributed by atoms with Crippen LogP contribution in [0.1, 0.15) is 5.76 Å². The third kappa shape index (κ3) is 2.52. The van der Waals surface area contributed by atoms with Crippen molar-refractivity contribution < 1.29 is 4.42 Å². The molecule has 0 radical (unpaired) electrons. The number of benzene rings is 1. The average molecular weight is 234 g/mol. The molecule has 1 aromatic carbocycles. The van der Waals surface area contributed by atoms with E-state index in [0.717, 1.165) is 29.7 Å². The van der Waals surface area contributed by atoms with Crippen molar-refractivity contribution in [3.63, 3.8) is 0 Å². The van der Waals surface area contributed by atoms with Gasteiger partial charge in [-0.25, -0.2) is 0 Å². The normalized spacial score (nSPS) is 10.3. The second-order valence-electron chi connectivity index (χ2n) is 3.51. The second-order valence-corrected chi connectivity index (χ2v) is 3.91.